The molecule has 0 aliphatic heterocycles. The average Bonchev–Trinajstić information content (AvgIpc) is 3.06. The van der Waals surface area contributed by atoms with Crippen LogP contribution in [-0.2, 0) is 6.54 Å². The van der Waals surface area contributed by atoms with E-state index in [1.807, 2.05) is 12.1 Å². The summed E-state index contributed by atoms with van der Waals surface area (Å²) in [4.78, 5) is 3.19. The number of imidazole rings is 1. The van der Waals surface area contributed by atoms with Gasteiger partial charge >= 0.3 is 0 Å². The van der Waals surface area contributed by atoms with Gasteiger partial charge in [-0.05, 0) is 43.1 Å². The number of benzene rings is 1. The van der Waals surface area contributed by atoms with Gasteiger partial charge in [-0.1, -0.05) is 30.5 Å². The zero-order valence-corrected chi connectivity index (χ0v) is 11.2. The molecule has 2 aromatic rings. The molecule has 1 fully saturated rings. The number of hydrogen-bond acceptors (Lipinski definition) is 1. The molecule has 1 saturated carbocycles. The highest BCUT2D eigenvalue weighted by Gasteiger charge is 2.20. The molecule has 0 radical (unpaired) electrons. The van der Waals surface area contributed by atoms with Gasteiger partial charge in [-0.25, -0.2) is 0 Å². The van der Waals surface area contributed by atoms with Crippen LogP contribution in [-0.4, -0.2) is 9.55 Å². The van der Waals surface area contributed by atoms with E-state index in [2.05, 4.69) is 15.6 Å². The van der Waals surface area contributed by atoms with E-state index in [4.69, 9.17) is 23.8 Å². The number of rotatable bonds is 4. The first-order valence-corrected chi connectivity index (χ1v) is 6.91. The van der Waals surface area contributed by atoms with Crippen molar-refractivity contribution in [3.63, 3.8) is 0 Å². The molecule has 1 aliphatic carbocycles. The van der Waals surface area contributed by atoms with Crippen molar-refractivity contribution >= 4 is 34.9 Å². The summed E-state index contributed by atoms with van der Waals surface area (Å²) in [6.45, 7) is 0.996. The van der Waals surface area contributed by atoms with Crippen LogP contribution in [0.4, 0.5) is 0 Å². The maximum absolute atomic E-state index is 6.15. The van der Waals surface area contributed by atoms with E-state index in [0.717, 1.165) is 33.3 Å². The minimum absolute atomic E-state index is 0.745. The largest absolute Gasteiger partial charge is 0.329 e. The predicted octanol–water partition coefficient (Wildman–Crippen LogP) is 4.54. The Bertz CT molecular complexity index is 595. The molecule has 0 spiro atoms. The Hall–Kier alpha value is -0.800. The van der Waals surface area contributed by atoms with Gasteiger partial charge in [-0.3, -0.25) is 0 Å². The molecule has 0 saturated heterocycles. The summed E-state index contributed by atoms with van der Waals surface area (Å²) in [6, 6.07) is 5.94. The fourth-order valence-corrected chi connectivity index (χ4v) is 2.82. The van der Waals surface area contributed by atoms with E-state index >= 15 is 0 Å². The molecule has 1 heterocycles. The lowest BCUT2D eigenvalue weighted by Gasteiger charge is -2.04. The van der Waals surface area contributed by atoms with Gasteiger partial charge in [-0.15, -0.1) is 0 Å². The first-order chi connectivity index (χ1) is 8.25. The Morgan fingerprint density at radius 2 is 2.24 bits per heavy atom. The smallest absolute Gasteiger partial charge is 0.178 e. The van der Waals surface area contributed by atoms with Gasteiger partial charge in [0.05, 0.1) is 16.1 Å². The van der Waals surface area contributed by atoms with Crippen molar-refractivity contribution in [1.82, 2.24) is 9.55 Å². The fraction of sp³-hybridized carbons (Fsp3) is 0.462. The second-order valence-electron chi connectivity index (χ2n) is 4.80. The van der Waals surface area contributed by atoms with Crippen LogP contribution in [0.5, 0.6) is 0 Å². The highest BCUT2D eigenvalue weighted by molar-refractivity contribution is 7.71. The van der Waals surface area contributed by atoms with Crippen LogP contribution < -0.4 is 0 Å². The molecule has 17 heavy (non-hydrogen) atoms. The number of para-hydroxylation sites is 1. The van der Waals surface area contributed by atoms with Gasteiger partial charge in [0.2, 0.25) is 0 Å². The van der Waals surface area contributed by atoms with Crippen LogP contribution in [0.15, 0.2) is 18.2 Å². The van der Waals surface area contributed by atoms with Gasteiger partial charge < -0.3 is 9.55 Å². The molecule has 4 heteroatoms. The Labute approximate surface area is 111 Å². The number of aromatic amines is 1. The number of fused-ring (bicyclic) bond motifs is 1. The molecular formula is C13H15ClN2S. The predicted molar refractivity (Wildman–Crippen MR) is 74.1 cm³/mol. The minimum Gasteiger partial charge on any atom is -0.329 e. The van der Waals surface area contributed by atoms with Crippen LogP contribution in [0.25, 0.3) is 11.0 Å². The summed E-state index contributed by atoms with van der Waals surface area (Å²) in [5, 5.41) is 0.745. The number of halogens is 1. The minimum atomic E-state index is 0.745. The maximum atomic E-state index is 6.15. The molecule has 0 atom stereocenters. The summed E-state index contributed by atoms with van der Waals surface area (Å²) in [6.07, 6.45) is 5.38. The van der Waals surface area contributed by atoms with E-state index < -0.39 is 0 Å². The van der Waals surface area contributed by atoms with Crippen molar-refractivity contribution in [3.05, 3.63) is 28.0 Å². The van der Waals surface area contributed by atoms with Gasteiger partial charge in [0.25, 0.3) is 0 Å². The number of hydrogen-bond donors (Lipinski definition) is 1. The molecule has 3 rings (SSSR count). The molecule has 2 nitrogen and oxygen atoms in total. The molecule has 0 bridgehead atoms. The summed E-state index contributed by atoms with van der Waals surface area (Å²) in [7, 11) is 0. The zero-order chi connectivity index (χ0) is 11.8. The monoisotopic (exact) mass is 266 g/mol. The van der Waals surface area contributed by atoms with Gasteiger partial charge in [0.1, 0.15) is 0 Å². The maximum Gasteiger partial charge on any atom is 0.178 e. The van der Waals surface area contributed by atoms with Crippen molar-refractivity contribution < 1.29 is 0 Å². The number of nitrogens with zero attached hydrogens (tertiary/aromatic N) is 1. The number of nitrogens with one attached hydrogen (secondary N) is 1. The van der Waals surface area contributed by atoms with E-state index in [1.54, 1.807) is 0 Å². The molecule has 0 amide bonds. The average molecular weight is 267 g/mol. The first-order valence-electron chi connectivity index (χ1n) is 6.13. The highest BCUT2D eigenvalue weighted by Crippen LogP contribution is 2.33. The summed E-state index contributed by atoms with van der Waals surface area (Å²) >= 11 is 11.5. The number of H-pyrrole nitrogens is 1. The standard InChI is InChI=1S/C13H15ClN2S/c14-10-4-1-5-11-12(10)15-13(17)16(11)8-2-3-9-6-7-9/h1,4-5,9H,2-3,6-8H2,(H,15,17). The first kappa shape index (κ1) is 11.3. The topological polar surface area (TPSA) is 20.7 Å². The lowest BCUT2D eigenvalue weighted by molar-refractivity contribution is 0.582. The van der Waals surface area contributed by atoms with Crippen LogP contribution in [0.2, 0.25) is 5.02 Å². The Morgan fingerprint density at radius 1 is 1.41 bits per heavy atom. The fourth-order valence-electron chi connectivity index (χ4n) is 2.31. The van der Waals surface area contributed by atoms with Crippen LogP contribution >= 0.6 is 23.8 Å². The van der Waals surface area contributed by atoms with E-state index in [0.29, 0.717) is 0 Å². The molecule has 1 N–H and O–H groups in total. The van der Waals surface area contributed by atoms with Crippen molar-refractivity contribution in [3.8, 4) is 0 Å². The highest BCUT2D eigenvalue weighted by atomic mass is 35.5. The van der Waals surface area contributed by atoms with E-state index in [-0.39, 0.29) is 0 Å². The van der Waals surface area contributed by atoms with Crippen molar-refractivity contribution in [2.24, 2.45) is 5.92 Å². The molecular weight excluding hydrogens is 252 g/mol. The Kier molecular flexibility index (Phi) is 2.97. The third-order valence-electron chi connectivity index (χ3n) is 3.45. The van der Waals surface area contributed by atoms with E-state index in [1.165, 1.54) is 25.7 Å². The Balaban J connectivity index is 1.88. The zero-order valence-electron chi connectivity index (χ0n) is 9.58. The van der Waals surface area contributed by atoms with Crippen molar-refractivity contribution in [2.45, 2.75) is 32.2 Å². The van der Waals surface area contributed by atoms with Crippen LogP contribution in [0, 0.1) is 10.7 Å². The third-order valence-corrected chi connectivity index (χ3v) is 4.09. The van der Waals surface area contributed by atoms with E-state index in [9.17, 15) is 0 Å². The number of aromatic nitrogens is 2. The third kappa shape index (κ3) is 2.26. The van der Waals surface area contributed by atoms with Gasteiger partial charge in [0.15, 0.2) is 4.77 Å². The summed E-state index contributed by atoms with van der Waals surface area (Å²) in [5.74, 6) is 0.984. The van der Waals surface area contributed by atoms with Crippen LogP contribution in [0.1, 0.15) is 25.7 Å². The quantitative estimate of drug-likeness (QED) is 0.806. The normalized spacial score (nSPS) is 15.6. The lowest BCUT2D eigenvalue weighted by Crippen LogP contribution is -1.98. The lowest BCUT2D eigenvalue weighted by atomic mass is 10.2. The van der Waals surface area contributed by atoms with Crippen LogP contribution in [0.3, 0.4) is 0 Å². The molecule has 0 unspecified atom stereocenters. The second kappa shape index (κ2) is 4.46. The van der Waals surface area contributed by atoms with Crippen molar-refractivity contribution in [2.75, 3.05) is 0 Å². The van der Waals surface area contributed by atoms with Gasteiger partial charge in [0, 0.05) is 6.54 Å². The second-order valence-corrected chi connectivity index (χ2v) is 5.60. The number of aryl methyl sites for hydroxylation is 1. The van der Waals surface area contributed by atoms with Crippen molar-refractivity contribution in [1.29, 1.82) is 0 Å². The molecule has 1 aromatic heterocycles. The molecule has 90 valence electrons. The Morgan fingerprint density at radius 3 is 3.00 bits per heavy atom. The SMILES string of the molecule is S=c1[nH]c2c(Cl)cccc2n1CCCC1CC1. The summed E-state index contributed by atoms with van der Waals surface area (Å²) in [5.41, 5.74) is 2.09. The van der Waals surface area contributed by atoms with Gasteiger partial charge in [-0.2, -0.15) is 0 Å². The summed E-state index contributed by atoms with van der Waals surface area (Å²) < 4.78 is 2.95. The molecule has 1 aliphatic rings. The molecule has 1 aromatic carbocycles.